The van der Waals surface area contributed by atoms with Crippen molar-refractivity contribution < 1.29 is 14.6 Å². The number of ether oxygens (including phenoxy) is 1. The van der Waals surface area contributed by atoms with Crippen molar-refractivity contribution in [2.45, 2.75) is 77.0 Å². The van der Waals surface area contributed by atoms with Crippen LogP contribution in [0.25, 0.3) is 11.3 Å². The van der Waals surface area contributed by atoms with Crippen molar-refractivity contribution in [3.8, 4) is 17.0 Å². The molecule has 0 bridgehead atoms. The Balaban J connectivity index is 1.29. The summed E-state index contributed by atoms with van der Waals surface area (Å²) in [5.41, 5.74) is 3.53. The second-order valence-electron chi connectivity index (χ2n) is 10.1. The molecule has 0 spiro atoms. The molecule has 2 fully saturated rings. The van der Waals surface area contributed by atoms with Crippen molar-refractivity contribution in [2.24, 2.45) is 5.92 Å². The van der Waals surface area contributed by atoms with Gasteiger partial charge in [0.2, 0.25) is 0 Å². The minimum atomic E-state index is -0.890. The van der Waals surface area contributed by atoms with Crippen LogP contribution in [0.1, 0.15) is 74.2 Å². The van der Waals surface area contributed by atoms with Gasteiger partial charge in [0.1, 0.15) is 5.75 Å². The normalized spacial score (nSPS) is 20.6. The lowest BCUT2D eigenvalue weighted by molar-refractivity contribution is 0.0697. The summed E-state index contributed by atoms with van der Waals surface area (Å²) < 4.78 is 6.23. The van der Waals surface area contributed by atoms with E-state index in [9.17, 15) is 9.90 Å². The fourth-order valence-corrected chi connectivity index (χ4v) is 6.20. The summed E-state index contributed by atoms with van der Waals surface area (Å²) in [6.45, 7) is 3.07. The van der Waals surface area contributed by atoms with E-state index in [1.165, 1.54) is 38.5 Å². The molecule has 1 heterocycles. The first-order valence-electron chi connectivity index (χ1n) is 12.9. The Kier molecular flexibility index (Phi) is 7.37. The number of carbonyl (C=O) groups is 1. The van der Waals surface area contributed by atoms with E-state index >= 15 is 0 Å². The molecule has 1 N–H and O–H groups in total. The molecule has 0 aliphatic heterocycles. The van der Waals surface area contributed by atoms with Gasteiger partial charge in [0.25, 0.3) is 0 Å². The van der Waals surface area contributed by atoms with Crippen molar-refractivity contribution in [1.82, 2.24) is 4.98 Å². The van der Waals surface area contributed by atoms with Gasteiger partial charge in [-0.1, -0.05) is 31.9 Å². The minimum absolute atomic E-state index is 0.322. The molecule has 0 atom stereocenters. The van der Waals surface area contributed by atoms with Gasteiger partial charge < -0.3 is 14.7 Å². The smallest absolute Gasteiger partial charge is 0.335 e. The highest BCUT2D eigenvalue weighted by molar-refractivity contribution is 7.14. The molecular weight excluding hydrogens is 456 g/mol. The second kappa shape index (κ2) is 10.8. The van der Waals surface area contributed by atoms with E-state index in [1.54, 1.807) is 23.5 Å². The minimum Gasteiger partial charge on any atom is -0.490 e. The van der Waals surface area contributed by atoms with Crippen molar-refractivity contribution in [2.75, 3.05) is 4.90 Å². The molecule has 3 aromatic rings. The zero-order valence-corrected chi connectivity index (χ0v) is 21.2. The van der Waals surface area contributed by atoms with Crippen LogP contribution in [0.3, 0.4) is 0 Å². The summed E-state index contributed by atoms with van der Waals surface area (Å²) in [7, 11) is 0. The number of thiazole rings is 1. The van der Waals surface area contributed by atoms with E-state index in [2.05, 4.69) is 41.5 Å². The maximum absolute atomic E-state index is 11.2. The fraction of sp³-hybridized carbons (Fsp3) is 0.448. The highest BCUT2D eigenvalue weighted by Gasteiger charge is 2.25. The molecule has 35 heavy (non-hydrogen) atoms. The zero-order chi connectivity index (χ0) is 24.2. The number of anilines is 1. The van der Waals surface area contributed by atoms with Crippen molar-refractivity contribution in [1.29, 1.82) is 0 Å². The van der Waals surface area contributed by atoms with Crippen molar-refractivity contribution in [3.05, 3.63) is 65.0 Å². The zero-order valence-electron chi connectivity index (χ0n) is 20.4. The van der Waals surface area contributed by atoms with Gasteiger partial charge in [0, 0.05) is 23.5 Å². The molecule has 0 saturated heterocycles. The molecule has 2 saturated carbocycles. The molecule has 5 nitrogen and oxygen atoms in total. The van der Waals surface area contributed by atoms with E-state index < -0.39 is 5.97 Å². The van der Waals surface area contributed by atoms with E-state index in [-0.39, 0.29) is 0 Å². The van der Waals surface area contributed by atoms with Gasteiger partial charge in [0.15, 0.2) is 5.13 Å². The van der Waals surface area contributed by atoms with Gasteiger partial charge in [-0.25, -0.2) is 9.78 Å². The topological polar surface area (TPSA) is 62.7 Å². The quantitative estimate of drug-likeness (QED) is 0.356. The van der Waals surface area contributed by atoms with E-state index in [0.717, 1.165) is 53.0 Å². The molecule has 6 heteroatoms. The first kappa shape index (κ1) is 23.9. The maximum Gasteiger partial charge on any atom is 0.335 e. The number of hydrogen-bond donors (Lipinski definition) is 1. The monoisotopic (exact) mass is 490 g/mol. The van der Waals surface area contributed by atoms with Crippen LogP contribution >= 0.6 is 11.3 Å². The van der Waals surface area contributed by atoms with Crippen LogP contribution in [-0.4, -0.2) is 28.2 Å². The highest BCUT2D eigenvalue weighted by Crippen LogP contribution is 2.35. The highest BCUT2D eigenvalue weighted by atomic mass is 32.1. The van der Waals surface area contributed by atoms with Crippen molar-refractivity contribution in [3.63, 3.8) is 0 Å². The number of carboxylic acids is 1. The van der Waals surface area contributed by atoms with Crippen LogP contribution in [0.5, 0.6) is 5.75 Å². The predicted molar refractivity (Wildman–Crippen MR) is 141 cm³/mol. The number of rotatable bonds is 8. The summed E-state index contributed by atoms with van der Waals surface area (Å²) >= 11 is 1.69. The molecule has 5 rings (SSSR count). The summed E-state index contributed by atoms with van der Waals surface area (Å²) in [6, 6.07) is 16.1. The Bertz CT molecular complexity index is 1110. The summed E-state index contributed by atoms with van der Waals surface area (Å²) in [6.07, 6.45) is 9.99. The SMILES string of the molecule is CC1CCC(Oc2ccc(-c3csc(N(Cc4ccc(C(=O)O)cc4)C4CCCC4)n3)cc2)CC1. The molecular formula is C29H34N2O3S. The molecule has 2 aromatic carbocycles. The number of carboxylic acid groups (broad SMARTS) is 1. The number of aromatic carboxylic acids is 1. The summed E-state index contributed by atoms with van der Waals surface area (Å²) in [5, 5.41) is 12.4. The van der Waals surface area contributed by atoms with Crippen LogP contribution in [0.15, 0.2) is 53.9 Å². The van der Waals surface area contributed by atoms with Crippen LogP contribution in [0, 0.1) is 5.92 Å². The number of nitrogens with zero attached hydrogens (tertiary/aromatic N) is 2. The Morgan fingerprint density at radius 2 is 1.69 bits per heavy atom. The lowest BCUT2D eigenvalue weighted by Gasteiger charge is -2.28. The third kappa shape index (κ3) is 5.87. The van der Waals surface area contributed by atoms with Gasteiger partial charge in [0.05, 0.1) is 17.4 Å². The first-order valence-corrected chi connectivity index (χ1v) is 13.7. The molecule has 0 radical (unpaired) electrons. The molecule has 184 valence electrons. The number of hydrogen-bond acceptors (Lipinski definition) is 5. The Morgan fingerprint density at radius 3 is 2.34 bits per heavy atom. The van der Waals surface area contributed by atoms with Gasteiger partial charge in [-0.3, -0.25) is 0 Å². The van der Waals surface area contributed by atoms with E-state index in [1.807, 2.05) is 12.1 Å². The first-order chi connectivity index (χ1) is 17.0. The van der Waals surface area contributed by atoms with Gasteiger partial charge in [-0.15, -0.1) is 11.3 Å². The maximum atomic E-state index is 11.2. The summed E-state index contributed by atoms with van der Waals surface area (Å²) in [4.78, 5) is 18.7. The fourth-order valence-electron chi connectivity index (χ4n) is 5.29. The lowest BCUT2D eigenvalue weighted by atomic mass is 9.89. The molecule has 1 aromatic heterocycles. The third-order valence-corrected chi connectivity index (χ3v) is 8.35. The van der Waals surface area contributed by atoms with Crippen LogP contribution < -0.4 is 9.64 Å². The third-order valence-electron chi connectivity index (χ3n) is 7.47. The average Bonchev–Trinajstić information content (AvgIpc) is 3.58. The van der Waals surface area contributed by atoms with Gasteiger partial charge in [-0.05, 0) is 86.4 Å². The standard InChI is InChI=1S/C29H34N2O3S/c1-20-6-14-25(15-7-20)34-26-16-12-22(13-17-26)27-19-35-29(30-27)31(24-4-2-3-5-24)18-21-8-10-23(11-9-21)28(32)33/h8-13,16-17,19-20,24-25H,2-7,14-15,18H2,1H3,(H,32,33). The second-order valence-corrected chi connectivity index (χ2v) is 10.9. The predicted octanol–water partition coefficient (Wildman–Crippen LogP) is 7.42. The largest absolute Gasteiger partial charge is 0.490 e. The molecule has 0 amide bonds. The lowest BCUT2D eigenvalue weighted by Crippen LogP contribution is -2.32. The Hall–Kier alpha value is -2.86. The Labute approximate surface area is 211 Å². The van der Waals surface area contributed by atoms with Crippen LogP contribution in [0.2, 0.25) is 0 Å². The van der Waals surface area contributed by atoms with Gasteiger partial charge >= 0.3 is 5.97 Å². The van der Waals surface area contributed by atoms with Crippen molar-refractivity contribution >= 4 is 22.4 Å². The van der Waals surface area contributed by atoms with Gasteiger partial charge in [-0.2, -0.15) is 0 Å². The molecule has 0 unspecified atom stereocenters. The molecule has 2 aliphatic rings. The average molecular weight is 491 g/mol. The number of benzene rings is 2. The van der Waals surface area contributed by atoms with Crippen LogP contribution in [0.4, 0.5) is 5.13 Å². The molecule has 2 aliphatic carbocycles. The van der Waals surface area contributed by atoms with E-state index in [0.29, 0.717) is 17.7 Å². The van der Waals surface area contributed by atoms with E-state index in [4.69, 9.17) is 9.72 Å². The van der Waals surface area contributed by atoms with Crippen LogP contribution in [-0.2, 0) is 6.54 Å². The Morgan fingerprint density at radius 1 is 1.00 bits per heavy atom. The summed E-state index contributed by atoms with van der Waals surface area (Å²) in [5.74, 6) is 0.878. The number of aromatic nitrogens is 1.